The van der Waals surface area contributed by atoms with Crippen molar-refractivity contribution in [3.63, 3.8) is 0 Å². The topological polar surface area (TPSA) is 12.4 Å². The number of aliphatic imine (C=N–C) groups is 1. The van der Waals surface area contributed by atoms with Crippen molar-refractivity contribution in [3.8, 4) is 0 Å². The molecule has 0 atom stereocenters. The van der Waals surface area contributed by atoms with Crippen LogP contribution in [-0.4, -0.2) is 6.72 Å². The third-order valence-electron chi connectivity index (χ3n) is 2.00. The summed E-state index contributed by atoms with van der Waals surface area (Å²) in [5.74, 6) is 0.0501. The summed E-state index contributed by atoms with van der Waals surface area (Å²) in [5, 5.41) is 0. The van der Waals surface area contributed by atoms with E-state index in [0.717, 1.165) is 11.1 Å². The van der Waals surface area contributed by atoms with Gasteiger partial charge in [0.1, 0.15) is 5.82 Å². The van der Waals surface area contributed by atoms with Crippen LogP contribution in [0.2, 0.25) is 0 Å². The molecule has 1 aromatic rings. The summed E-state index contributed by atoms with van der Waals surface area (Å²) in [5.41, 5.74) is 1.69. The van der Waals surface area contributed by atoms with Gasteiger partial charge in [0.05, 0.1) is 6.54 Å². The van der Waals surface area contributed by atoms with Crippen LogP contribution in [-0.2, 0) is 6.54 Å². The Morgan fingerprint density at radius 3 is 2.69 bits per heavy atom. The Hall–Kier alpha value is -1.18. The maximum atomic E-state index is 13.4. The lowest BCUT2D eigenvalue weighted by molar-refractivity contribution is 0.593. The number of halogens is 1. The molecule has 0 fully saturated rings. The largest absolute Gasteiger partial charge is 0.296 e. The molecule has 0 aromatic heterocycles. The summed E-state index contributed by atoms with van der Waals surface area (Å²) in [6.45, 7) is 7.86. The van der Waals surface area contributed by atoms with Crippen LogP contribution < -0.4 is 0 Å². The number of hydrogen-bond donors (Lipinski definition) is 0. The molecule has 1 rings (SSSR count). The summed E-state index contributed by atoms with van der Waals surface area (Å²) < 4.78 is 13.4. The third kappa shape index (κ3) is 2.14. The fourth-order valence-corrected chi connectivity index (χ4v) is 1.49. The van der Waals surface area contributed by atoms with Crippen molar-refractivity contribution in [3.05, 3.63) is 35.1 Å². The first-order chi connectivity index (χ1) is 6.16. The van der Waals surface area contributed by atoms with E-state index in [1.165, 1.54) is 6.07 Å². The standard InChI is InChI=1S/C11H14FN/c1-8(2)11-9(7-13-3)5-4-6-10(11)12/h4-6,8H,3,7H2,1-2H3. The summed E-state index contributed by atoms with van der Waals surface area (Å²) >= 11 is 0. The SMILES string of the molecule is C=NCc1cccc(F)c1C(C)C. The molecule has 70 valence electrons. The Labute approximate surface area is 78.3 Å². The van der Waals surface area contributed by atoms with Gasteiger partial charge in [0.2, 0.25) is 0 Å². The van der Waals surface area contributed by atoms with Gasteiger partial charge in [0, 0.05) is 0 Å². The molecule has 0 amide bonds. The lowest BCUT2D eigenvalue weighted by atomic mass is 9.96. The van der Waals surface area contributed by atoms with Crippen LogP contribution in [0.5, 0.6) is 0 Å². The van der Waals surface area contributed by atoms with Crippen LogP contribution in [0.15, 0.2) is 23.2 Å². The van der Waals surface area contributed by atoms with Gasteiger partial charge in [-0.15, -0.1) is 0 Å². The number of nitrogens with zero attached hydrogens (tertiary/aromatic N) is 1. The fraction of sp³-hybridized carbons (Fsp3) is 0.364. The molecular weight excluding hydrogens is 165 g/mol. The van der Waals surface area contributed by atoms with Crippen LogP contribution in [0.3, 0.4) is 0 Å². The molecule has 0 N–H and O–H groups in total. The molecule has 0 saturated heterocycles. The maximum Gasteiger partial charge on any atom is 0.127 e. The van der Waals surface area contributed by atoms with E-state index in [0.29, 0.717) is 6.54 Å². The predicted octanol–water partition coefficient (Wildman–Crippen LogP) is 3.15. The van der Waals surface area contributed by atoms with E-state index in [1.807, 2.05) is 19.9 Å². The Balaban J connectivity index is 3.17. The second-order valence-corrected chi connectivity index (χ2v) is 3.35. The lowest BCUT2D eigenvalue weighted by Gasteiger charge is -2.11. The smallest absolute Gasteiger partial charge is 0.127 e. The van der Waals surface area contributed by atoms with E-state index >= 15 is 0 Å². The second kappa shape index (κ2) is 4.17. The van der Waals surface area contributed by atoms with Gasteiger partial charge in [-0.1, -0.05) is 26.0 Å². The number of rotatable bonds is 3. The summed E-state index contributed by atoms with van der Waals surface area (Å²) in [7, 11) is 0. The Morgan fingerprint density at radius 2 is 2.15 bits per heavy atom. The molecule has 1 nitrogen and oxygen atoms in total. The zero-order valence-electron chi connectivity index (χ0n) is 8.05. The summed E-state index contributed by atoms with van der Waals surface area (Å²) in [6, 6.07) is 5.09. The van der Waals surface area contributed by atoms with Crippen molar-refractivity contribution in [2.45, 2.75) is 26.3 Å². The fourth-order valence-electron chi connectivity index (χ4n) is 1.49. The highest BCUT2D eigenvalue weighted by atomic mass is 19.1. The van der Waals surface area contributed by atoms with Crippen LogP contribution >= 0.6 is 0 Å². The van der Waals surface area contributed by atoms with E-state index in [1.54, 1.807) is 6.07 Å². The van der Waals surface area contributed by atoms with E-state index in [4.69, 9.17) is 0 Å². The normalized spacial score (nSPS) is 10.5. The first-order valence-electron chi connectivity index (χ1n) is 4.36. The highest BCUT2D eigenvalue weighted by Gasteiger charge is 2.10. The monoisotopic (exact) mass is 179 g/mol. The van der Waals surface area contributed by atoms with Gasteiger partial charge in [0.15, 0.2) is 0 Å². The van der Waals surface area contributed by atoms with Gasteiger partial charge in [0.25, 0.3) is 0 Å². The number of benzene rings is 1. The van der Waals surface area contributed by atoms with Gasteiger partial charge in [-0.25, -0.2) is 4.39 Å². The van der Waals surface area contributed by atoms with E-state index in [9.17, 15) is 4.39 Å². The average Bonchev–Trinajstić information content (AvgIpc) is 2.04. The Kier molecular flexibility index (Phi) is 3.18. The molecule has 0 radical (unpaired) electrons. The lowest BCUT2D eigenvalue weighted by Crippen LogP contribution is -1.99. The average molecular weight is 179 g/mol. The van der Waals surface area contributed by atoms with Crippen LogP contribution in [0.1, 0.15) is 30.9 Å². The quantitative estimate of drug-likeness (QED) is 0.632. The predicted molar refractivity (Wildman–Crippen MR) is 53.7 cm³/mol. The summed E-state index contributed by atoms with van der Waals surface area (Å²) in [4.78, 5) is 3.77. The third-order valence-corrected chi connectivity index (χ3v) is 2.00. The van der Waals surface area contributed by atoms with Crippen molar-refractivity contribution < 1.29 is 4.39 Å². The van der Waals surface area contributed by atoms with Crippen LogP contribution in [0.4, 0.5) is 4.39 Å². The van der Waals surface area contributed by atoms with Gasteiger partial charge in [-0.2, -0.15) is 0 Å². The minimum Gasteiger partial charge on any atom is -0.296 e. The van der Waals surface area contributed by atoms with Gasteiger partial charge in [-0.05, 0) is 29.8 Å². The Morgan fingerprint density at radius 1 is 1.46 bits per heavy atom. The summed E-state index contributed by atoms with van der Waals surface area (Å²) in [6.07, 6.45) is 0. The zero-order valence-corrected chi connectivity index (χ0v) is 8.05. The van der Waals surface area contributed by atoms with E-state index in [2.05, 4.69) is 11.7 Å². The first kappa shape index (κ1) is 9.90. The molecular formula is C11H14FN. The molecule has 0 heterocycles. The van der Waals surface area contributed by atoms with Crippen molar-refractivity contribution in [1.82, 2.24) is 0 Å². The van der Waals surface area contributed by atoms with Crippen molar-refractivity contribution in [2.24, 2.45) is 4.99 Å². The minimum atomic E-state index is -0.142. The van der Waals surface area contributed by atoms with Gasteiger partial charge in [-0.3, -0.25) is 4.99 Å². The molecule has 0 unspecified atom stereocenters. The molecule has 1 aromatic carbocycles. The zero-order chi connectivity index (χ0) is 9.84. The van der Waals surface area contributed by atoms with Gasteiger partial charge >= 0.3 is 0 Å². The highest BCUT2D eigenvalue weighted by Crippen LogP contribution is 2.23. The highest BCUT2D eigenvalue weighted by molar-refractivity contribution is 5.33. The molecule has 0 aliphatic heterocycles. The van der Waals surface area contributed by atoms with Crippen molar-refractivity contribution >= 4 is 6.72 Å². The van der Waals surface area contributed by atoms with E-state index < -0.39 is 0 Å². The van der Waals surface area contributed by atoms with Crippen LogP contribution in [0, 0.1) is 5.82 Å². The number of hydrogen-bond acceptors (Lipinski definition) is 1. The second-order valence-electron chi connectivity index (χ2n) is 3.35. The molecule has 0 spiro atoms. The molecule has 0 aliphatic carbocycles. The van der Waals surface area contributed by atoms with Crippen LogP contribution in [0.25, 0.3) is 0 Å². The molecule has 0 saturated carbocycles. The van der Waals surface area contributed by atoms with E-state index in [-0.39, 0.29) is 11.7 Å². The maximum absolute atomic E-state index is 13.4. The van der Waals surface area contributed by atoms with Gasteiger partial charge < -0.3 is 0 Å². The molecule has 13 heavy (non-hydrogen) atoms. The first-order valence-corrected chi connectivity index (χ1v) is 4.36. The molecule has 0 bridgehead atoms. The molecule has 0 aliphatic rings. The Bertz CT molecular complexity index is 305. The van der Waals surface area contributed by atoms with Crippen molar-refractivity contribution in [2.75, 3.05) is 0 Å². The molecule has 2 heteroatoms. The minimum absolute atomic E-state index is 0.142. The van der Waals surface area contributed by atoms with Crippen molar-refractivity contribution in [1.29, 1.82) is 0 Å².